The molecule has 1 amide bonds. The molecule has 12 heavy (non-hydrogen) atoms. The van der Waals surface area contributed by atoms with E-state index < -0.39 is 0 Å². The predicted molar refractivity (Wildman–Crippen MR) is 57.7 cm³/mol. The molecule has 0 rings (SSSR count). The first-order valence-electron chi connectivity index (χ1n) is 4.08. The Hall–Kier alpha value is -0.180. The zero-order chi connectivity index (χ0) is 9.07. The number of carbonyl (C=O) groups excluding carboxylic acids is 1. The molecule has 0 heterocycles. The van der Waals surface area contributed by atoms with Gasteiger partial charge in [-0.2, -0.15) is 13.5 Å². The van der Waals surface area contributed by atoms with Crippen LogP contribution in [0.15, 0.2) is 0 Å². The Labute approximate surface area is 82.6 Å². The molecular formula is C9H21NOS. The fourth-order valence-corrected chi connectivity index (χ4v) is 1.32. The minimum Gasteiger partial charge on any atom is -0.354 e. The number of amides is 1. The van der Waals surface area contributed by atoms with Gasteiger partial charge >= 0.3 is 0 Å². The van der Waals surface area contributed by atoms with Crippen LogP contribution in [0, 0.1) is 5.41 Å². The van der Waals surface area contributed by atoms with Crippen LogP contribution in [0.25, 0.3) is 0 Å². The minimum absolute atomic E-state index is 0. The van der Waals surface area contributed by atoms with E-state index >= 15 is 0 Å². The van der Waals surface area contributed by atoms with Gasteiger partial charge in [0.15, 0.2) is 0 Å². The summed E-state index contributed by atoms with van der Waals surface area (Å²) in [5, 5.41) is 2.86. The van der Waals surface area contributed by atoms with Gasteiger partial charge in [0.2, 0.25) is 5.91 Å². The van der Waals surface area contributed by atoms with Crippen molar-refractivity contribution in [2.24, 2.45) is 5.41 Å². The summed E-state index contributed by atoms with van der Waals surface area (Å²) < 4.78 is 0. The Morgan fingerprint density at radius 3 is 2.08 bits per heavy atom. The van der Waals surface area contributed by atoms with Crippen LogP contribution in [0.2, 0.25) is 0 Å². The normalized spacial score (nSPS) is 13.1. The number of nitrogens with one attached hydrogen (secondary N) is 1. The van der Waals surface area contributed by atoms with Crippen molar-refractivity contribution in [3.8, 4) is 0 Å². The van der Waals surface area contributed by atoms with Gasteiger partial charge in [0, 0.05) is 13.0 Å². The van der Waals surface area contributed by atoms with Crippen molar-refractivity contribution in [1.29, 1.82) is 0 Å². The van der Waals surface area contributed by atoms with Gasteiger partial charge in [-0.1, -0.05) is 20.8 Å². The van der Waals surface area contributed by atoms with E-state index in [2.05, 4.69) is 26.1 Å². The van der Waals surface area contributed by atoms with Gasteiger partial charge in [0.05, 0.1) is 0 Å². The van der Waals surface area contributed by atoms with Gasteiger partial charge < -0.3 is 5.32 Å². The molecule has 0 aliphatic rings. The summed E-state index contributed by atoms with van der Waals surface area (Å²) in [5.74, 6) is 0.0572. The van der Waals surface area contributed by atoms with E-state index in [9.17, 15) is 4.79 Å². The summed E-state index contributed by atoms with van der Waals surface area (Å²) in [4.78, 5) is 10.6. The first kappa shape index (κ1) is 14.3. The molecule has 0 saturated heterocycles. The number of carbonyl (C=O) groups is 1. The lowest BCUT2D eigenvalue weighted by molar-refractivity contribution is -0.119. The van der Waals surface area contributed by atoms with Gasteiger partial charge in [-0.25, -0.2) is 0 Å². The molecule has 74 valence electrons. The van der Waals surface area contributed by atoms with Crippen LogP contribution in [0.5, 0.6) is 0 Å². The third-order valence-electron chi connectivity index (χ3n) is 1.37. The Balaban J connectivity index is 0. The average molecular weight is 191 g/mol. The SMILES string of the molecule is CC(=O)N[C@H](C)CC(C)(C)C.S. The summed E-state index contributed by atoms with van der Waals surface area (Å²) in [6, 6.07) is 0.285. The maximum atomic E-state index is 10.6. The lowest BCUT2D eigenvalue weighted by Gasteiger charge is -2.23. The summed E-state index contributed by atoms with van der Waals surface area (Å²) >= 11 is 0. The van der Waals surface area contributed by atoms with E-state index in [-0.39, 0.29) is 25.4 Å². The van der Waals surface area contributed by atoms with Crippen LogP contribution in [0.3, 0.4) is 0 Å². The highest BCUT2D eigenvalue weighted by atomic mass is 32.1. The molecule has 1 N–H and O–H groups in total. The van der Waals surface area contributed by atoms with E-state index in [1.807, 2.05) is 6.92 Å². The molecule has 0 spiro atoms. The topological polar surface area (TPSA) is 29.1 Å². The zero-order valence-electron chi connectivity index (χ0n) is 8.69. The van der Waals surface area contributed by atoms with E-state index in [4.69, 9.17) is 0 Å². The van der Waals surface area contributed by atoms with Crippen molar-refractivity contribution in [2.75, 3.05) is 0 Å². The summed E-state index contributed by atoms with van der Waals surface area (Å²) in [6.07, 6.45) is 1.02. The van der Waals surface area contributed by atoms with E-state index in [1.165, 1.54) is 0 Å². The Bertz CT molecular complexity index is 140. The molecule has 0 aromatic carbocycles. The fraction of sp³-hybridized carbons (Fsp3) is 0.889. The van der Waals surface area contributed by atoms with Crippen LogP contribution in [-0.2, 0) is 4.79 Å². The zero-order valence-corrected chi connectivity index (χ0v) is 9.69. The molecule has 0 radical (unpaired) electrons. The molecular weight excluding hydrogens is 170 g/mol. The second-order valence-electron chi connectivity index (χ2n) is 4.37. The van der Waals surface area contributed by atoms with E-state index in [0.29, 0.717) is 5.41 Å². The lowest BCUT2D eigenvalue weighted by atomic mass is 9.89. The summed E-state index contributed by atoms with van der Waals surface area (Å²) in [5.41, 5.74) is 0.294. The average Bonchev–Trinajstić information content (AvgIpc) is 1.53. The Morgan fingerprint density at radius 1 is 1.42 bits per heavy atom. The smallest absolute Gasteiger partial charge is 0.217 e. The quantitative estimate of drug-likeness (QED) is 0.711. The highest BCUT2D eigenvalue weighted by Crippen LogP contribution is 2.20. The first-order valence-corrected chi connectivity index (χ1v) is 4.08. The molecule has 0 aromatic heterocycles. The summed E-state index contributed by atoms with van der Waals surface area (Å²) in [7, 11) is 0. The lowest BCUT2D eigenvalue weighted by Crippen LogP contribution is -2.33. The van der Waals surface area contributed by atoms with Crippen LogP contribution < -0.4 is 5.32 Å². The second-order valence-corrected chi connectivity index (χ2v) is 4.37. The number of hydrogen-bond donors (Lipinski definition) is 1. The van der Waals surface area contributed by atoms with E-state index in [1.54, 1.807) is 6.92 Å². The van der Waals surface area contributed by atoms with Crippen LogP contribution >= 0.6 is 13.5 Å². The summed E-state index contributed by atoms with van der Waals surface area (Å²) in [6.45, 7) is 10.1. The highest BCUT2D eigenvalue weighted by Gasteiger charge is 2.15. The first-order chi connectivity index (χ1) is 4.81. The van der Waals surface area contributed by atoms with Gasteiger partial charge in [-0.3, -0.25) is 4.79 Å². The molecule has 0 bridgehead atoms. The van der Waals surface area contributed by atoms with Crippen molar-refractivity contribution in [3.05, 3.63) is 0 Å². The molecule has 0 aliphatic carbocycles. The van der Waals surface area contributed by atoms with Crippen molar-refractivity contribution in [3.63, 3.8) is 0 Å². The highest BCUT2D eigenvalue weighted by molar-refractivity contribution is 7.59. The van der Waals surface area contributed by atoms with Gasteiger partial charge in [0.1, 0.15) is 0 Å². The third-order valence-corrected chi connectivity index (χ3v) is 1.37. The molecule has 0 aromatic rings. The molecule has 0 fully saturated rings. The standard InChI is InChI=1S/C9H19NO.H2S/c1-7(10-8(2)11)6-9(3,4)5;/h7H,6H2,1-5H3,(H,10,11);1H2/t7-;/m1./s1. The minimum atomic E-state index is 0. The van der Waals surface area contributed by atoms with Gasteiger partial charge in [-0.05, 0) is 18.8 Å². The molecule has 0 unspecified atom stereocenters. The Morgan fingerprint density at radius 2 is 1.83 bits per heavy atom. The molecule has 0 saturated carbocycles. The third kappa shape index (κ3) is 9.82. The van der Waals surface area contributed by atoms with Crippen LogP contribution in [0.1, 0.15) is 41.0 Å². The maximum Gasteiger partial charge on any atom is 0.217 e. The number of rotatable bonds is 2. The van der Waals surface area contributed by atoms with Crippen molar-refractivity contribution < 1.29 is 4.79 Å². The predicted octanol–water partition coefficient (Wildman–Crippen LogP) is 2.06. The number of hydrogen-bond acceptors (Lipinski definition) is 1. The van der Waals surface area contributed by atoms with Crippen molar-refractivity contribution >= 4 is 19.4 Å². The van der Waals surface area contributed by atoms with Crippen molar-refractivity contribution in [1.82, 2.24) is 5.32 Å². The molecule has 2 nitrogen and oxygen atoms in total. The second kappa shape index (κ2) is 5.46. The van der Waals surface area contributed by atoms with Gasteiger partial charge in [-0.15, -0.1) is 0 Å². The maximum absolute atomic E-state index is 10.6. The van der Waals surface area contributed by atoms with Gasteiger partial charge in [0.25, 0.3) is 0 Å². The van der Waals surface area contributed by atoms with Crippen LogP contribution in [0.4, 0.5) is 0 Å². The largest absolute Gasteiger partial charge is 0.354 e. The molecule has 1 atom stereocenters. The van der Waals surface area contributed by atoms with Crippen molar-refractivity contribution in [2.45, 2.75) is 47.1 Å². The Kier molecular flexibility index (Phi) is 6.53. The molecule has 3 heteroatoms. The van der Waals surface area contributed by atoms with E-state index in [0.717, 1.165) is 6.42 Å². The molecule has 0 aliphatic heterocycles. The fourth-order valence-electron chi connectivity index (χ4n) is 1.32. The monoisotopic (exact) mass is 191 g/mol. The van der Waals surface area contributed by atoms with Crippen LogP contribution in [-0.4, -0.2) is 11.9 Å².